The maximum Gasteiger partial charge on any atom is -0.0179 e. The minimum Gasteiger partial charge on any atom is -0.0617 e. The molecule has 5 aliphatic rings. The summed E-state index contributed by atoms with van der Waals surface area (Å²) in [5, 5.41) is 0. The van der Waals surface area contributed by atoms with Crippen molar-refractivity contribution in [3.63, 3.8) is 0 Å². The highest BCUT2D eigenvalue weighted by atomic mass is 14.7. The average molecular weight is 301 g/mol. The second-order valence-electron chi connectivity index (χ2n) is 9.95. The Hall–Kier alpha value is 0. The Morgan fingerprint density at radius 2 is 0.909 bits per heavy atom. The van der Waals surface area contributed by atoms with E-state index in [1.165, 1.54) is 0 Å². The Morgan fingerprint density at radius 3 is 1.36 bits per heavy atom. The van der Waals surface area contributed by atoms with Crippen LogP contribution in [0.4, 0.5) is 0 Å². The molecule has 5 aliphatic carbocycles. The highest BCUT2D eigenvalue weighted by Crippen LogP contribution is 2.75. The fourth-order valence-corrected chi connectivity index (χ4v) is 9.63. The predicted molar refractivity (Wildman–Crippen MR) is 92.5 cm³/mol. The van der Waals surface area contributed by atoms with Gasteiger partial charge in [-0.3, -0.25) is 0 Å². The first-order valence-corrected chi connectivity index (χ1v) is 10.8. The first kappa shape index (κ1) is 14.4. The third-order valence-corrected chi connectivity index (χ3v) is 9.96. The molecule has 5 saturated carbocycles. The van der Waals surface area contributed by atoms with Gasteiger partial charge in [-0.05, 0) is 91.3 Å². The first-order chi connectivity index (χ1) is 10.8. The SMILES string of the molecule is CC1C2CCCCC2C2CCCC3C4CCCCC4C(C)C123. The van der Waals surface area contributed by atoms with Crippen molar-refractivity contribution >= 4 is 0 Å². The lowest BCUT2D eigenvalue weighted by Crippen LogP contribution is -2.44. The Kier molecular flexibility index (Phi) is 3.26. The molecule has 0 amide bonds. The number of hydrogen-bond acceptors (Lipinski definition) is 0. The zero-order chi connectivity index (χ0) is 14.9. The van der Waals surface area contributed by atoms with Gasteiger partial charge < -0.3 is 0 Å². The Balaban J connectivity index is 1.61. The van der Waals surface area contributed by atoms with Crippen molar-refractivity contribution in [2.75, 3.05) is 0 Å². The molecule has 124 valence electrons. The van der Waals surface area contributed by atoms with Crippen LogP contribution in [0.2, 0.25) is 0 Å². The van der Waals surface area contributed by atoms with E-state index in [2.05, 4.69) is 13.8 Å². The van der Waals surface area contributed by atoms with E-state index >= 15 is 0 Å². The quantitative estimate of drug-likeness (QED) is 0.492. The molecular weight excluding hydrogens is 264 g/mol. The molecule has 8 unspecified atom stereocenters. The van der Waals surface area contributed by atoms with Crippen LogP contribution in [0.1, 0.15) is 84.5 Å². The minimum atomic E-state index is 0.789. The van der Waals surface area contributed by atoms with Crippen LogP contribution in [0.15, 0.2) is 0 Å². The monoisotopic (exact) mass is 300 g/mol. The minimum absolute atomic E-state index is 0.789. The largest absolute Gasteiger partial charge is 0.0617 e. The average Bonchev–Trinajstić information content (AvgIpc) is 2.99. The Labute approximate surface area is 137 Å². The molecule has 0 saturated heterocycles. The van der Waals surface area contributed by atoms with Crippen LogP contribution in [-0.4, -0.2) is 0 Å². The maximum atomic E-state index is 2.73. The molecule has 0 aromatic rings. The summed E-state index contributed by atoms with van der Waals surface area (Å²) < 4.78 is 0. The van der Waals surface area contributed by atoms with E-state index in [9.17, 15) is 0 Å². The molecule has 0 N–H and O–H groups in total. The van der Waals surface area contributed by atoms with Gasteiger partial charge in [0.1, 0.15) is 0 Å². The van der Waals surface area contributed by atoms with E-state index < -0.39 is 0 Å². The van der Waals surface area contributed by atoms with Crippen LogP contribution in [-0.2, 0) is 0 Å². The van der Waals surface area contributed by atoms with Crippen molar-refractivity contribution in [2.24, 2.45) is 52.8 Å². The normalized spacial score (nSPS) is 60.3. The van der Waals surface area contributed by atoms with Crippen molar-refractivity contribution in [3.8, 4) is 0 Å². The summed E-state index contributed by atoms with van der Waals surface area (Å²) in [6, 6.07) is 0. The molecule has 1 spiro atoms. The number of rotatable bonds is 0. The number of hydrogen-bond donors (Lipinski definition) is 0. The second kappa shape index (κ2) is 5.00. The van der Waals surface area contributed by atoms with Crippen LogP contribution in [0.5, 0.6) is 0 Å². The zero-order valence-electron chi connectivity index (χ0n) is 14.9. The van der Waals surface area contributed by atoms with Crippen molar-refractivity contribution < 1.29 is 0 Å². The lowest BCUT2D eigenvalue weighted by Gasteiger charge is -2.50. The smallest absolute Gasteiger partial charge is 0.0179 e. The third-order valence-electron chi connectivity index (χ3n) is 9.96. The molecule has 0 heterocycles. The lowest BCUT2D eigenvalue weighted by molar-refractivity contribution is -0.0217. The molecule has 22 heavy (non-hydrogen) atoms. The molecule has 5 fully saturated rings. The summed E-state index contributed by atoms with van der Waals surface area (Å²) in [6.45, 7) is 5.46. The molecule has 5 rings (SSSR count). The highest BCUT2D eigenvalue weighted by molar-refractivity contribution is 5.17. The first-order valence-electron chi connectivity index (χ1n) is 10.8. The second-order valence-corrected chi connectivity index (χ2v) is 9.95. The van der Waals surface area contributed by atoms with E-state index in [-0.39, 0.29) is 0 Å². The van der Waals surface area contributed by atoms with E-state index in [4.69, 9.17) is 0 Å². The van der Waals surface area contributed by atoms with E-state index in [0.29, 0.717) is 0 Å². The summed E-state index contributed by atoms with van der Waals surface area (Å²) in [5.74, 6) is 8.86. The van der Waals surface area contributed by atoms with Crippen LogP contribution < -0.4 is 0 Å². The molecule has 0 aromatic heterocycles. The molecule has 0 aromatic carbocycles. The molecule has 0 aliphatic heterocycles. The number of fused-ring (bicyclic) bond motifs is 4. The van der Waals surface area contributed by atoms with Crippen molar-refractivity contribution in [1.29, 1.82) is 0 Å². The third kappa shape index (κ3) is 1.56. The Bertz CT molecular complexity index is 397. The lowest BCUT2D eigenvalue weighted by atomic mass is 9.54. The predicted octanol–water partition coefficient (Wildman–Crippen LogP) is 6.30. The van der Waals surface area contributed by atoms with Gasteiger partial charge in [0.25, 0.3) is 0 Å². The van der Waals surface area contributed by atoms with Gasteiger partial charge in [-0.2, -0.15) is 0 Å². The summed E-state index contributed by atoms with van der Waals surface area (Å²) in [5.41, 5.74) is 0.789. The van der Waals surface area contributed by atoms with Crippen LogP contribution in [0.25, 0.3) is 0 Å². The van der Waals surface area contributed by atoms with Crippen LogP contribution in [0.3, 0.4) is 0 Å². The van der Waals surface area contributed by atoms with Crippen molar-refractivity contribution in [3.05, 3.63) is 0 Å². The molecule has 8 atom stereocenters. The van der Waals surface area contributed by atoms with Gasteiger partial charge in [0.2, 0.25) is 0 Å². The maximum absolute atomic E-state index is 2.73. The van der Waals surface area contributed by atoms with Gasteiger partial charge in [0.15, 0.2) is 0 Å². The van der Waals surface area contributed by atoms with Crippen LogP contribution in [0, 0.1) is 52.8 Å². The van der Waals surface area contributed by atoms with Crippen molar-refractivity contribution in [2.45, 2.75) is 84.5 Å². The summed E-state index contributed by atoms with van der Waals surface area (Å²) in [7, 11) is 0. The fourth-order valence-electron chi connectivity index (χ4n) is 9.63. The van der Waals surface area contributed by atoms with Gasteiger partial charge >= 0.3 is 0 Å². The summed E-state index contributed by atoms with van der Waals surface area (Å²) in [6.07, 6.45) is 17.3. The molecular formula is C22H36. The molecule has 0 heteroatoms. The van der Waals surface area contributed by atoms with Gasteiger partial charge in [0.05, 0.1) is 0 Å². The topological polar surface area (TPSA) is 0 Å². The van der Waals surface area contributed by atoms with Gasteiger partial charge in [0, 0.05) is 0 Å². The Morgan fingerprint density at radius 1 is 0.500 bits per heavy atom. The zero-order valence-corrected chi connectivity index (χ0v) is 14.9. The highest BCUT2D eigenvalue weighted by Gasteiger charge is 2.69. The van der Waals surface area contributed by atoms with Gasteiger partial charge in [-0.15, -0.1) is 0 Å². The van der Waals surface area contributed by atoms with E-state index in [0.717, 1.165) is 52.8 Å². The fraction of sp³-hybridized carbons (Fsp3) is 1.00. The van der Waals surface area contributed by atoms with E-state index in [1.807, 2.05) is 0 Å². The van der Waals surface area contributed by atoms with Crippen molar-refractivity contribution in [1.82, 2.24) is 0 Å². The molecule has 0 radical (unpaired) electrons. The molecule has 0 bridgehead atoms. The van der Waals surface area contributed by atoms with Crippen LogP contribution >= 0.6 is 0 Å². The standard InChI is InChI=1S/C22H36/c1-14-16-8-3-5-10-18(16)20-12-7-13-21-19-11-6-4-9-17(19)15(2)22(14,20)21/h14-21H,3-13H2,1-2H3. The van der Waals surface area contributed by atoms with Gasteiger partial charge in [-0.25, -0.2) is 0 Å². The molecule has 0 nitrogen and oxygen atoms in total. The van der Waals surface area contributed by atoms with E-state index in [1.54, 1.807) is 70.6 Å². The summed E-state index contributed by atoms with van der Waals surface area (Å²) >= 11 is 0. The van der Waals surface area contributed by atoms with Gasteiger partial charge in [-0.1, -0.05) is 46.0 Å². The summed E-state index contributed by atoms with van der Waals surface area (Å²) in [4.78, 5) is 0.